The Morgan fingerprint density at radius 2 is 1.47 bits per heavy atom. The van der Waals surface area contributed by atoms with Crippen molar-refractivity contribution < 1.29 is 34.2 Å². The molecule has 0 aliphatic carbocycles. The number of primary amides is 1. The molecule has 0 saturated heterocycles. The van der Waals surface area contributed by atoms with Crippen molar-refractivity contribution in [3.05, 3.63) is 0 Å². The van der Waals surface area contributed by atoms with Gasteiger partial charge in [0, 0.05) is 12.2 Å². The molecule has 0 spiro atoms. The molecule has 12 nitrogen and oxygen atoms in total. The molecule has 0 aromatic carbocycles. The van der Waals surface area contributed by atoms with Crippen LogP contribution in [0.1, 0.15) is 33.6 Å². The van der Waals surface area contributed by atoms with Gasteiger partial charge in [0.2, 0.25) is 23.6 Å². The first-order valence-electron chi connectivity index (χ1n) is 9.28. The summed E-state index contributed by atoms with van der Waals surface area (Å²) >= 11 is 3.99. The van der Waals surface area contributed by atoms with Crippen LogP contribution in [-0.2, 0) is 24.0 Å². The number of carbonyl (C=O) groups excluding carboxylic acids is 4. The van der Waals surface area contributed by atoms with Crippen LogP contribution < -0.4 is 27.4 Å². The van der Waals surface area contributed by atoms with Crippen LogP contribution >= 0.6 is 12.6 Å². The molecule has 0 aliphatic heterocycles. The van der Waals surface area contributed by atoms with E-state index in [0.717, 1.165) is 0 Å². The number of rotatable bonds is 13. The third-order valence-electron chi connectivity index (χ3n) is 4.15. The molecule has 0 saturated carbocycles. The highest BCUT2D eigenvalue weighted by molar-refractivity contribution is 7.80. The third-order valence-corrected chi connectivity index (χ3v) is 4.51. The molecule has 172 valence electrons. The number of carboxylic acids is 1. The molecular formula is C17H31N5O7S. The van der Waals surface area contributed by atoms with Gasteiger partial charge in [0.15, 0.2) is 0 Å². The van der Waals surface area contributed by atoms with Gasteiger partial charge in [-0.3, -0.25) is 19.2 Å². The fourth-order valence-electron chi connectivity index (χ4n) is 2.32. The van der Waals surface area contributed by atoms with Gasteiger partial charge in [-0.1, -0.05) is 13.8 Å². The molecule has 5 unspecified atom stereocenters. The number of nitrogens with two attached hydrogens (primary N) is 2. The summed E-state index contributed by atoms with van der Waals surface area (Å²) in [6.07, 6.45) is -1.53. The fourth-order valence-corrected chi connectivity index (χ4v) is 2.57. The van der Waals surface area contributed by atoms with E-state index in [9.17, 15) is 34.2 Å². The van der Waals surface area contributed by atoms with E-state index in [0.29, 0.717) is 0 Å². The summed E-state index contributed by atoms with van der Waals surface area (Å²) in [4.78, 5) is 59.0. The first-order valence-corrected chi connectivity index (χ1v) is 9.91. The number of carboxylic acid groups (broad SMARTS) is 1. The zero-order valence-corrected chi connectivity index (χ0v) is 18.0. The van der Waals surface area contributed by atoms with Crippen LogP contribution in [0.25, 0.3) is 0 Å². The third kappa shape index (κ3) is 9.41. The lowest BCUT2D eigenvalue weighted by Crippen LogP contribution is -2.60. The lowest BCUT2D eigenvalue weighted by molar-refractivity contribution is -0.143. The number of aliphatic hydroxyl groups is 1. The van der Waals surface area contributed by atoms with Crippen LogP contribution in [0.15, 0.2) is 0 Å². The number of aliphatic hydroxyl groups excluding tert-OH is 1. The molecule has 0 aliphatic rings. The van der Waals surface area contributed by atoms with E-state index < -0.39 is 65.8 Å². The average Bonchev–Trinajstić information content (AvgIpc) is 2.64. The molecule has 0 bridgehead atoms. The second kappa shape index (κ2) is 13.0. The van der Waals surface area contributed by atoms with Gasteiger partial charge in [-0.15, -0.1) is 0 Å². The number of hydrogen-bond acceptors (Lipinski definition) is 8. The Labute approximate surface area is 179 Å². The molecule has 13 heteroatoms. The predicted molar refractivity (Wildman–Crippen MR) is 110 cm³/mol. The first kappa shape index (κ1) is 27.6. The Bertz CT molecular complexity index is 644. The summed E-state index contributed by atoms with van der Waals surface area (Å²) < 4.78 is 0. The molecule has 0 aromatic heterocycles. The highest BCUT2D eigenvalue weighted by Gasteiger charge is 2.32. The van der Waals surface area contributed by atoms with Crippen molar-refractivity contribution in [2.45, 2.75) is 63.9 Å². The smallest absolute Gasteiger partial charge is 0.326 e. The van der Waals surface area contributed by atoms with Crippen molar-refractivity contribution in [1.29, 1.82) is 0 Å². The minimum absolute atomic E-state index is 0.0528. The lowest BCUT2D eigenvalue weighted by Gasteiger charge is -2.26. The van der Waals surface area contributed by atoms with Crippen molar-refractivity contribution in [3.8, 4) is 0 Å². The highest BCUT2D eigenvalue weighted by Crippen LogP contribution is 2.04. The van der Waals surface area contributed by atoms with Crippen LogP contribution in [0.4, 0.5) is 0 Å². The molecule has 0 heterocycles. The Morgan fingerprint density at radius 3 is 1.87 bits per heavy atom. The number of aliphatic carboxylic acids is 1. The Balaban J connectivity index is 5.13. The Kier molecular flexibility index (Phi) is 12.0. The Hall–Kier alpha value is -2.38. The van der Waals surface area contributed by atoms with Crippen LogP contribution in [0.5, 0.6) is 0 Å². The van der Waals surface area contributed by atoms with E-state index in [4.69, 9.17) is 11.5 Å². The van der Waals surface area contributed by atoms with Gasteiger partial charge < -0.3 is 37.6 Å². The minimum atomic E-state index is -1.45. The zero-order chi connectivity index (χ0) is 23.6. The summed E-state index contributed by atoms with van der Waals surface area (Å²) in [7, 11) is 0. The molecule has 0 fully saturated rings. The summed E-state index contributed by atoms with van der Waals surface area (Å²) in [6.45, 7) is 4.45. The van der Waals surface area contributed by atoms with Gasteiger partial charge in [-0.2, -0.15) is 12.6 Å². The second-order valence-corrected chi connectivity index (χ2v) is 7.52. The minimum Gasteiger partial charge on any atom is -0.480 e. The molecule has 4 amide bonds. The SMILES string of the molecule is CC(C)C(NC(=O)C(CS)NC(=O)C(NC(=O)C(N)CCC(N)=O)C(C)O)C(=O)O. The molecule has 0 aromatic rings. The van der Waals surface area contributed by atoms with Crippen LogP contribution in [-0.4, -0.2) is 75.8 Å². The molecule has 0 rings (SSSR count). The first-order chi connectivity index (χ1) is 13.8. The number of thiol groups is 1. The van der Waals surface area contributed by atoms with Crippen molar-refractivity contribution in [2.75, 3.05) is 5.75 Å². The van der Waals surface area contributed by atoms with E-state index in [1.54, 1.807) is 13.8 Å². The van der Waals surface area contributed by atoms with Crippen LogP contribution in [0.3, 0.4) is 0 Å². The maximum absolute atomic E-state index is 12.5. The Morgan fingerprint density at radius 1 is 0.933 bits per heavy atom. The van der Waals surface area contributed by atoms with Gasteiger partial charge in [0.05, 0.1) is 12.1 Å². The number of nitrogens with one attached hydrogen (secondary N) is 3. The molecular weight excluding hydrogens is 418 g/mol. The second-order valence-electron chi connectivity index (χ2n) is 7.15. The summed E-state index contributed by atoms with van der Waals surface area (Å²) in [5, 5.41) is 25.9. The largest absolute Gasteiger partial charge is 0.480 e. The molecule has 0 radical (unpaired) electrons. The standard InChI is InChI=1S/C17H31N5O7S/c1-7(2)12(17(28)29)21-15(26)10(6-30)20-16(27)13(8(3)23)22-14(25)9(18)4-5-11(19)24/h7-10,12-13,23,30H,4-6,18H2,1-3H3,(H2,19,24)(H,20,27)(H,21,26)(H,22,25)(H,28,29). The maximum atomic E-state index is 12.5. The van der Waals surface area contributed by atoms with Crippen molar-refractivity contribution >= 4 is 42.2 Å². The fraction of sp³-hybridized carbons (Fsp3) is 0.706. The molecule has 5 atom stereocenters. The van der Waals surface area contributed by atoms with E-state index >= 15 is 0 Å². The predicted octanol–water partition coefficient (Wildman–Crippen LogP) is -2.92. The van der Waals surface area contributed by atoms with Gasteiger partial charge in [0.1, 0.15) is 18.1 Å². The number of hydrogen-bond donors (Lipinski definition) is 8. The summed E-state index contributed by atoms with van der Waals surface area (Å²) in [6, 6.07) is -4.99. The number of amides is 4. The summed E-state index contributed by atoms with van der Waals surface area (Å²) in [5.74, 6) is -4.93. The number of carbonyl (C=O) groups is 5. The van der Waals surface area contributed by atoms with Gasteiger partial charge in [-0.05, 0) is 19.3 Å². The van der Waals surface area contributed by atoms with Gasteiger partial charge in [0.25, 0.3) is 0 Å². The zero-order valence-electron chi connectivity index (χ0n) is 17.1. The normalized spacial score (nSPS) is 16.0. The van der Waals surface area contributed by atoms with Crippen LogP contribution in [0, 0.1) is 5.92 Å². The average molecular weight is 450 g/mol. The van der Waals surface area contributed by atoms with E-state index in [1.165, 1.54) is 6.92 Å². The molecule has 9 N–H and O–H groups in total. The van der Waals surface area contributed by atoms with Crippen molar-refractivity contribution in [2.24, 2.45) is 17.4 Å². The highest BCUT2D eigenvalue weighted by atomic mass is 32.1. The van der Waals surface area contributed by atoms with E-state index in [1.807, 2.05) is 0 Å². The maximum Gasteiger partial charge on any atom is 0.326 e. The van der Waals surface area contributed by atoms with E-state index in [-0.39, 0.29) is 18.6 Å². The quantitative estimate of drug-likeness (QED) is 0.136. The van der Waals surface area contributed by atoms with Gasteiger partial charge in [-0.25, -0.2) is 4.79 Å². The monoisotopic (exact) mass is 449 g/mol. The van der Waals surface area contributed by atoms with E-state index in [2.05, 4.69) is 28.6 Å². The summed E-state index contributed by atoms with van der Waals surface area (Å²) in [5.41, 5.74) is 10.6. The van der Waals surface area contributed by atoms with Crippen molar-refractivity contribution in [1.82, 2.24) is 16.0 Å². The van der Waals surface area contributed by atoms with Crippen molar-refractivity contribution in [3.63, 3.8) is 0 Å². The van der Waals surface area contributed by atoms with Gasteiger partial charge >= 0.3 is 5.97 Å². The topological polar surface area (TPSA) is 214 Å². The van der Waals surface area contributed by atoms with Crippen LogP contribution in [0.2, 0.25) is 0 Å². The molecule has 30 heavy (non-hydrogen) atoms. The lowest BCUT2D eigenvalue weighted by atomic mass is 10.0.